The van der Waals surface area contributed by atoms with E-state index in [0.717, 1.165) is 34.6 Å². The van der Waals surface area contributed by atoms with E-state index in [1.165, 1.54) is 5.56 Å². The van der Waals surface area contributed by atoms with Crippen LogP contribution in [0.4, 0.5) is 0 Å². The number of methoxy groups -OCH3 is 2. The van der Waals surface area contributed by atoms with Crippen molar-refractivity contribution in [3.63, 3.8) is 0 Å². The lowest BCUT2D eigenvalue weighted by molar-refractivity contribution is -0.00000458. The van der Waals surface area contributed by atoms with E-state index in [-0.39, 0.29) is 12.4 Å². The van der Waals surface area contributed by atoms with Gasteiger partial charge >= 0.3 is 0 Å². The molecule has 0 bridgehead atoms. The van der Waals surface area contributed by atoms with Crippen LogP contribution in [0.2, 0.25) is 0 Å². The van der Waals surface area contributed by atoms with Crippen molar-refractivity contribution in [1.29, 1.82) is 0 Å². The van der Waals surface area contributed by atoms with Gasteiger partial charge in [-0.1, -0.05) is 28.1 Å². The molecule has 0 saturated heterocycles. The smallest absolute Gasteiger partial charge is 0.123 e. The van der Waals surface area contributed by atoms with Crippen LogP contribution in [0.15, 0.2) is 46.9 Å². The number of benzene rings is 2. The third kappa shape index (κ3) is 5.23. The fourth-order valence-electron chi connectivity index (χ4n) is 1.97. The molecule has 5 heteroatoms. The lowest BCUT2D eigenvalue weighted by Gasteiger charge is -2.10. The highest BCUT2D eigenvalue weighted by Gasteiger charge is 2.03. The molecule has 0 heterocycles. The minimum Gasteiger partial charge on any atom is -1.00 e. The maximum absolute atomic E-state index is 5.36. The highest BCUT2D eigenvalue weighted by atomic mass is 79.9. The largest absolute Gasteiger partial charge is 1.00 e. The van der Waals surface area contributed by atoms with Gasteiger partial charge in [0.2, 0.25) is 0 Å². The van der Waals surface area contributed by atoms with Crippen molar-refractivity contribution >= 4 is 15.9 Å². The van der Waals surface area contributed by atoms with Gasteiger partial charge in [-0.2, -0.15) is 0 Å². The van der Waals surface area contributed by atoms with Crippen molar-refractivity contribution in [3.05, 3.63) is 58.1 Å². The molecule has 0 amide bonds. The quantitative estimate of drug-likeness (QED) is 0.813. The third-order valence-electron chi connectivity index (χ3n) is 3.05. The molecule has 0 aliphatic heterocycles. The number of rotatable bonds is 6. The molecule has 0 unspecified atom stereocenters. The average molecular weight is 372 g/mol. The van der Waals surface area contributed by atoms with E-state index in [2.05, 4.69) is 39.4 Å². The van der Waals surface area contributed by atoms with Crippen LogP contribution in [0.5, 0.6) is 11.5 Å². The van der Waals surface area contributed by atoms with Gasteiger partial charge in [0.25, 0.3) is 0 Å². The molecule has 0 fully saturated rings. The molecule has 0 aliphatic rings. The highest BCUT2D eigenvalue weighted by Crippen LogP contribution is 2.22. The van der Waals surface area contributed by atoms with Crippen molar-refractivity contribution in [3.8, 4) is 11.5 Å². The van der Waals surface area contributed by atoms with Crippen molar-refractivity contribution in [2.45, 2.75) is 13.1 Å². The van der Waals surface area contributed by atoms with E-state index in [0.29, 0.717) is 0 Å². The average Bonchev–Trinajstić information content (AvgIpc) is 2.48. The number of hydrogen-bond acceptors (Lipinski definition) is 3. The lowest BCUT2D eigenvalue weighted by Crippen LogP contribution is -3.00. The zero-order valence-electron chi connectivity index (χ0n) is 12.0. The summed E-state index contributed by atoms with van der Waals surface area (Å²) in [6, 6.07) is 14.1. The minimum atomic E-state index is 0. The van der Waals surface area contributed by atoms with Crippen LogP contribution in [0.1, 0.15) is 11.1 Å². The summed E-state index contributed by atoms with van der Waals surface area (Å²) in [6.07, 6.45) is 0. The van der Waals surface area contributed by atoms with Gasteiger partial charge in [-0.15, -0.1) is 0 Å². The molecule has 0 spiro atoms. The normalized spacial score (nSPS) is 9.86. The van der Waals surface area contributed by atoms with Crippen molar-refractivity contribution in [2.75, 3.05) is 14.2 Å². The first kappa shape index (κ1) is 17.8. The van der Waals surface area contributed by atoms with Crippen molar-refractivity contribution < 1.29 is 21.9 Å². The van der Waals surface area contributed by atoms with Crippen LogP contribution < -0.4 is 27.2 Å². The fourth-order valence-corrected chi connectivity index (χ4v) is 2.38. The zero-order chi connectivity index (χ0) is 14.4. The molecule has 3 nitrogen and oxygen atoms in total. The Morgan fingerprint density at radius 1 is 0.952 bits per heavy atom. The Kier molecular flexibility index (Phi) is 7.57. The SMILES string of the molecule is COc1ccc(CNCc2cc(Br)ccc2OC)cc1.[Cl-]. The maximum Gasteiger partial charge on any atom is 0.123 e. The second-order valence-electron chi connectivity index (χ2n) is 4.41. The predicted molar refractivity (Wildman–Crippen MR) is 84.2 cm³/mol. The van der Waals surface area contributed by atoms with Crippen LogP contribution in [-0.4, -0.2) is 14.2 Å². The molecule has 0 aliphatic carbocycles. The van der Waals surface area contributed by atoms with Crippen LogP contribution in [0.3, 0.4) is 0 Å². The standard InChI is InChI=1S/C16H18BrNO2.ClH/c1-19-15-6-3-12(4-7-15)10-18-11-13-9-14(17)5-8-16(13)20-2;/h3-9,18H,10-11H2,1-2H3;1H/p-1. The Morgan fingerprint density at radius 3 is 2.29 bits per heavy atom. The summed E-state index contributed by atoms with van der Waals surface area (Å²) in [4.78, 5) is 0. The van der Waals surface area contributed by atoms with Gasteiger partial charge in [0.05, 0.1) is 14.2 Å². The number of ether oxygens (including phenoxy) is 2. The summed E-state index contributed by atoms with van der Waals surface area (Å²) >= 11 is 3.48. The topological polar surface area (TPSA) is 30.5 Å². The van der Waals surface area contributed by atoms with E-state index >= 15 is 0 Å². The molecule has 0 saturated carbocycles. The Morgan fingerprint density at radius 2 is 1.67 bits per heavy atom. The molecule has 2 aromatic carbocycles. The highest BCUT2D eigenvalue weighted by molar-refractivity contribution is 9.10. The molecule has 2 aromatic rings. The molecule has 0 aromatic heterocycles. The predicted octanol–water partition coefficient (Wildman–Crippen LogP) is 0.760. The second-order valence-corrected chi connectivity index (χ2v) is 5.32. The maximum atomic E-state index is 5.36. The Balaban J connectivity index is 0.00000220. The lowest BCUT2D eigenvalue weighted by atomic mass is 10.2. The number of halogens is 2. The molecule has 114 valence electrons. The summed E-state index contributed by atoms with van der Waals surface area (Å²) in [5.41, 5.74) is 2.36. The second kappa shape index (κ2) is 8.93. The molecular formula is C16H18BrClNO2-. The molecule has 0 radical (unpaired) electrons. The minimum absolute atomic E-state index is 0. The molecular weight excluding hydrogens is 354 g/mol. The van der Waals surface area contributed by atoms with Crippen molar-refractivity contribution in [1.82, 2.24) is 5.32 Å². The fraction of sp³-hybridized carbons (Fsp3) is 0.250. The van der Waals surface area contributed by atoms with Gasteiger partial charge in [0, 0.05) is 23.1 Å². The summed E-state index contributed by atoms with van der Waals surface area (Å²) in [5, 5.41) is 3.42. The van der Waals surface area contributed by atoms with Gasteiger partial charge in [0.15, 0.2) is 0 Å². The van der Waals surface area contributed by atoms with Gasteiger partial charge in [0.1, 0.15) is 11.5 Å². The third-order valence-corrected chi connectivity index (χ3v) is 3.54. The van der Waals surface area contributed by atoms with E-state index in [1.54, 1.807) is 14.2 Å². The molecule has 1 N–H and O–H groups in total. The van der Waals surface area contributed by atoms with Crippen LogP contribution >= 0.6 is 15.9 Å². The molecule has 2 rings (SSSR count). The van der Waals surface area contributed by atoms with Crippen LogP contribution in [-0.2, 0) is 13.1 Å². The summed E-state index contributed by atoms with van der Waals surface area (Å²) in [7, 11) is 3.36. The first-order valence-electron chi connectivity index (χ1n) is 6.39. The summed E-state index contributed by atoms with van der Waals surface area (Å²) in [6.45, 7) is 1.56. The van der Waals surface area contributed by atoms with Crippen molar-refractivity contribution in [2.24, 2.45) is 0 Å². The summed E-state index contributed by atoms with van der Waals surface area (Å²) < 4.78 is 11.6. The van der Waals surface area contributed by atoms with Gasteiger partial charge in [-0.25, -0.2) is 0 Å². The van der Waals surface area contributed by atoms with Gasteiger partial charge in [-0.3, -0.25) is 0 Å². The first-order valence-corrected chi connectivity index (χ1v) is 7.18. The molecule has 0 atom stereocenters. The van der Waals surface area contributed by atoms with Gasteiger partial charge in [-0.05, 0) is 35.9 Å². The van der Waals surface area contributed by atoms with E-state index < -0.39 is 0 Å². The molecule has 21 heavy (non-hydrogen) atoms. The first-order chi connectivity index (χ1) is 9.72. The Bertz CT molecular complexity index is 561. The monoisotopic (exact) mass is 370 g/mol. The van der Waals surface area contributed by atoms with Crippen LogP contribution in [0.25, 0.3) is 0 Å². The van der Waals surface area contributed by atoms with E-state index in [4.69, 9.17) is 9.47 Å². The van der Waals surface area contributed by atoms with E-state index in [9.17, 15) is 0 Å². The number of nitrogens with one attached hydrogen (secondary N) is 1. The van der Waals surface area contributed by atoms with Crippen LogP contribution in [0, 0.1) is 0 Å². The zero-order valence-corrected chi connectivity index (χ0v) is 14.4. The van der Waals surface area contributed by atoms with Gasteiger partial charge < -0.3 is 27.2 Å². The van der Waals surface area contributed by atoms with E-state index in [1.807, 2.05) is 24.3 Å². The summed E-state index contributed by atoms with van der Waals surface area (Å²) in [5.74, 6) is 1.78. The Hall–Kier alpha value is -1.23. The number of hydrogen-bond donors (Lipinski definition) is 1. The Labute approximate surface area is 140 Å².